The van der Waals surface area contributed by atoms with Crippen LogP contribution in [0.15, 0.2) is 55.0 Å². The van der Waals surface area contributed by atoms with Crippen molar-refractivity contribution in [1.82, 2.24) is 20.2 Å². The monoisotopic (exact) mass is 320 g/mol. The molecule has 4 aromatic rings. The molecule has 0 aliphatic carbocycles. The Kier molecular flexibility index (Phi) is 3.24. The molecule has 0 aliphatic rings. The normalized spacial score (nSPS) is 10.8. The molecule has 2 aromatic carbocycles. The molecular formula is C17H12N4O3. The largest absolute Gasteiger partial charge is 0.478 e. The molecule has 0 radical (unpaired) electrons. The van der Waals surface area contributed by atoms with Gasteiger partial charge in [0, 0.05) is 17.1 Å². The molecule has 24 heavy (non-hydrogen) atoms. The van der Waals surface area contributed by atoms with Gasteiger partial charge in [-0.15, -0.1) is 10.2 Å². The van der Waals surface area contributed by atoms with Crippen molar-refractivity contribution in [1.29, 1.82) is 0 Å². The van der Waals surface area contributed by atoms with Crippen LogP contribution in [0.4, 0.5) is 0 Å². The fourth-order valence-corrected chi connectivity index (χ4v) is 2.63. The zero-order chi connectivity index (χ0) is 16.5. The molecule has 0 bridgehead atoms. The van der Waals surface area contributed by atoms with Crippen molar-refractivity contribution in [3.8, 4) is 22.9 Å². The number of aromatic amines is 2. The lowest BCUT2D eigenvalue weighted by Crippen LogP contribution is -2.01. The van der Waals surface area contributed by atoms with Crippen molar-refractivity contribution in [2.45, 2.75) is 0 Å². The number of carboxylic acids is 1. The minimum Gasteiger partial charge on any atom is -0.478 e. The Bertz CT molecular complexity index is 1020. The first-order chi connectivity index (χ1) is 11.7. The summed E-state index contributed by atoms with van der Waals surface area (Å²) in [5.41, 5.74) is 1.55. The summed E-state index contributed by atoms with van der Waals surface area (Å²) in [6.45, 7) is 0. The number of rotatable bonds is 4. The van der Waals surface area contributed by atoms with Gasteiger partial charge in [-0.1, -0.05) is 12.1 Å². The van der Waals surface area contributed by atoms with Crippen LogP contribution in [0.2, 0.25) is 0 Å². The number of aromatic nitrogens is 4. The first-order valence-electron chi connectivity index (χ1n) is 7.21. The van der Waals surface area contributed by atoms with Gasteiger partial charge >= 0.3 is 5.97 Å². The number of carbonyl (C=O) groups is 1. The minimum absolute atomic E-state index is 0.112. The maximum absolute atomic E-state index is 11.7. The number of aromatic carboxylic acids is 1. The smallest absolute Gasteiger partial charge is 0.340 e. The Morgan fingerprint density at radius 1 is 1.04 bits per heavy atom. The molecule has 7 heteroatoms. The number of hydrogen-bond acceptors (Lipinski definition) is 4. The third-order valence-electron chi connectivity index (χ3n) is 3.69. The summed E-state index contributed by atoms with van der Waals surface area (Å²) in [5, 5.41) is 17.9. The molecule has 2 heterocycles. The van der Waals surface area contributed by atoms with Crippen LogP contribution in [0, 0.1) is 0 Å². The Morgan fingerprint density at radius 2 is 1.92 bits per heavy atom. The van der Waals surface area contributed by atoms with Crippen molar-refractivity contribution in [2.75, 3.05) is 0 Å². The average Bonchev–Trinajstić information content (AvgIpc) is 3.26. The lowest BCUT2D eigenvalue weighted by Gasteiger charge is -2.12. The van der Waals surface area contributed by atoms with Gasteiger partial charge in [-0.2, -0.15) is 0 Å². The summed E-state index contributed by atoms with van der Waals surface area (Å²) < 4.78 is 5.92. The van der Waals surface area contributed by atoms with Crippen LogP contribution in [0.1, 0.15) is 10.4 Å². The molecule has 0 amide bonds. The van der Waals surface area contributed by atoms with Crippen molar-refractivity contribution in [3.63, 3.8) is 0 Å². The number of ether oxygens (including phenoxy) is 1. The Labute approximate surface area is 135 Å². The summed E-state index contributed by atoms with van der Waals surface area (Å²) in [5.74, 6) is 0.255. The van der Waals surface area contributed by atoms with Crippen molar-refractivity contribution in [2.24, 2.45) is 0 Å². The SMILES string of the molecule is O=C(O)c1c(Oc2ccccc2-c2nnc[nH]2)ccc2[nH]ccc12. The van der Waals surface area contributed by atoms with Crippen molar-refractivity contribution < 1.29 is 14.6 Å². The van der Waals surface area contributed by atoms with E-state index in [0.29, 0.717) is 22.5 Å². The fraction of sp³-hybridized carbons (Fsp3) is 0. The maximum atomic E-state index is 11.7. The summed E-state index contributed by atoms with van der Waals surface area (Å²) in [4.78, 5) is 17.6. The van der Waals surface area contributed by atoms with E-state index in [9.17, 15) is 9.90 Å². The van der Waals surface area contributed by atoms with E-state index in [0.717, 1.165) is 5.52 Å². The molecule has 0 fully saturated rings. The zero-order valence-corrected chi connectivity index (χ0v) is 12.4. The third-order valence-corrected chi connectivity index (χ3v) is 3.69. The highest BCUT2D eigenvalue weighted by Gasteiger charge is 2.18. The number of fused-ring (bicyclic) bond motifs is 1. The topological polar surface area (TPSA) is 104 Å². The fourth-order valence-electron chi connectivity index (χ4n) is 2.63. The second kappa shape index (κ2) is 5.54. The summed E-state index contributed by atoms with van der Waals surface area (Å²) in [6, 6.07) is 12.4. The molecule has 4 rings (SSSR count). The number of H-pyrrole nitrogens is 2. The van der Waals surface area contributed by atoms with Gasteiger partial charge in [-0.05, 0) is 30.3 Å². The number of nitrogens with zero attached hydrogens (tertiary/aromatic N) is 2. The molecule has 0 aliphatic heterocycles. The highest BCUT2D eigenvalue weighted by atomic mass is 16.5. The number of nitrogens with one attached hydrogen (secondary N) is 2. The number of benzene rings is 2. The second-order valence-electron chi connectivity index (χ2n) is 5.12. The van der Waals surface area contributed by atoms with E-state index in [1.54, 1.807) is 30.5 Å². The summed E-state index contributed by atoms with van der Waals surface area (Å²) in [6.07, 6.45) is 3.17. The van der Waals surface area contributed by atoms with Crippen LogP contribution in [0.3, 0.4) is 0 Å². The summed E-state index contributed by atoms with van der Waals surface area (Å²) >= 11 is 0. The van der Waals surface area contributed by atoms with Crippen LogP contribution >= 0.6 is 0 Å². The van der Waals surface area contributed by atoms with Crippen LogP contribution in [-0.4, -0.2) is 31.2 Å². The van der Waals surface area contributed by atoms with Gasteiger partial charge in [0.1, 0.15) is 23.4 Å². The minimum atomic E-state index is -1.05. The molecule has 0 saturated carbocycles. The van der Waals surface area contributed by atoms with Gasteiger partial charge in [-0.3, -0.25) is 0 Å². The zero-order valence-electron chi connectivity index (χ0n) is 12.4. The second-order valence-corrected chi connectivity index (χ2v) is 5.12. The first kappa shape index (κ1) is 14.0. The predicted molar refractivity (Wildman–Crippen MR) is 87.2 cm³/mol. The van der Waals surface area contributed by atoms with E-state index in [1.165, 1.54) is 6.33 Å². The van der Waals surface area contributed by atoms with Crippen molar-refractivity contribution in [3.05, 3.63) is 60.6 Å². The van der Waals surface area contributed by atoms with Gasteiger partial charge in [0.2, 0.25) is 0 Å². The molecule has 3 N–H and O–H groups in total. The van der Waals surface area contributed by atoms with E-state index in [1.807, 2.05) is 18.2 Å². The molecular weight excluding hydrogens is 308 g/mol. The molecule has 7 nitrogen and oxygen atoms in total. The van der Waals surface area contributed by atoms with E-state index < -0.39 is 5.97 Å². The Morgan fingerprint density at radius 3 is 2.71 bits per heavy atom. The van der Waals surface area contributed by atoms with E-state index in [4.69, 9.17) is 4.74 Å². The van der Waals surface area contributed by atoms with Gasteiger partial charge in [0.15, 0.2) is 5.82 Å². The maximum Gasteiger partial charge on any atom is 0.340 e. The van der Waals surface area contributed by atoms with Gasteiger partial charge in [-0.25, -0.2) is 4.79 Å². The Hall–Kier alpha value is -3.61. The number of hydrogen-bond donors (Lipinski definition) is 3. The molecule has 2 aromatic heterocycles. The molecule has 118 valence electrons. The molecule has 0 unspecified atom stereocenters. The molecule has 0 spiro atoms. The van der Waals surface area contributed by atoms with Gasteiger partial charge < -0.3 is 19.8 Å². The van der Waals surface area contributed by atoms with Gasteiger partial charge in [0.05, 0.1) is 5.56 Å². The van der Waals surface area contributed by atoms with Crippen LogP contribution in [0.25, 0.3) is 22.3 Å². The Balaban J connectivity index is 1.84. The standard InChI is InChI=1S/C17H12N4O3/c22-17(23)15-10-7-8-18-12(10)5-6-14(15)24-13-4-2-1-3-11(13)16-19-9-20-21-16/h1-9,18H,(H,22,23)(H,19,20,21). The van der Waals surface area contributed by atoms with Gasteiger partial charge in [0.25, 0.3) is 0 Å². The molecule has 0 saturated heterocycles. The van der Waals surface area contributed by atoms with E-state index in [-0.39, 0.29) is 11.3 Å². The van der Waals surface area contributed by atoms with E-state index >= 15 is 0 Å². The van der Waals surface area contributed by atoms with Crippen LogP contribution in [-0.2, 0) is 0 Å². The summed E-state index contributed by atoms with van der Waals surface area (Å²) in [7, 11) is 0. The number of para-hydroxylation sites is 1. The quantitative estimate of drug-likeness (QED) is 0.534. The number of carboxylic acid groups (broad SMARTS) is 1. The van der Waals surface area contributed by atoms with Crippen molar-refractivity contribution >= 4 is 16.9 Å². The lowest BCUT2D eigenvalue weighted by molar-refractivity contribution is 0.0696. The van der Waals surface area contributed by atoms with E-state index in [2.05, 4.69) is 20.2 Å². The molecule has 0 atom stereocenters. The first-order valence-corrected chi connectivity index (χ1v) is 7.21. The third kappa shape index (κ3) is 2.28. The highest BCUT2D eigenvalue weighted by molar-refractivity contribution is 6.05. The highest BCUT2D eigenvalue weighted by Crippen LogP contribution is 2.35. The van der Waals surface area contributed by atoms with Crippen LogP contribution < -0.4 is 4.74 Å². The average molecular weight is 320 g/mol. The predicted octanol–water partition coefficient (Wildman–Crippen LogP) is 3.44. The lowest BCUT2D eigenvalue weighted by atomic mass is 10.1. The van der Waals surface area contributed by atoms with Crippen LogP contribution in [0.5, 0.6) is 11.5 Å².